The van der Waals surface area contributed by atoms with Crippen LogP contribution in [0.4, 0.5) is 0 Å². The summed E-state index contributed by atoms with van der Waals surface area (Å²) < 4.78 is 14.9. The Hall–Kier alpha value is -0.955. The summed E-state index contributed by atoms with van der Waals surface area (Å²) in [4.78, 5) is 21.8. The largest absolute Gasteiger partial charge is 0.438 e. The van der Waals surface area contributed by atoms with E-state index in [0.29, 0.717) is 0 Å². The third kappa shape index (κ3) is 4.91. The topological polar surface area (TPSA) is 102 Å². The van der Waals surface area contributed by atoms with E-state index in [-0.39, 0.29) is 25.2 Å². The first-order valence-electron chi connectivity index (χ1n) is 5.92. The van der Waals surface area contributed by atoms with E-state index in [4.69, 9.17) is 27.2 Å². The molecule has 8 heteroatoms. The molecule has 1 fully saturated rings. The van der Waals surface area contributed by atoms with Gasteiger partial charge in [0, 0.05) is 12.4 Å². The predicted molar refractivity (Wildman–Crippen MR) is 63.3 cm³/mol. The van der Waals surface area contributed by atoms with E-state index in [1.54, 1.807) is 0 Å². The molecule has 2 N–H and O–H groups in total. The number of Topliss-reactive ketones (excluding diaryl/α,β-unsaturated/α-hetero) is 1. The van der Waals surface area contributed by atoms with Crippen LogP contribution in [0.2, 0.25) is 0 Å². The normalized spacial score (nSPS) is 30.3. The fourth-order valence-electron chi connectivity index (χ4n) is 1.64. The summed E-state index contributed by atoms with van der Waals surface area (Å²) in [5, 5.41) is 18.6. The summed E-state index contributed by atoms with van der Waals surface area (Å²) in [6.45, 7) is 0.602. The number of hydrogen-bond acceptors (Lipinski definition) is 7. The lowest BCUT2D eigenvalue weighted by Gasteiger charge is -2.18. The van der Waals surface area contributed by atoms with E-state index in [2.05, 4.69) is 0 Å². The number of esters is 1. The van der Waals surface area contributed by atoms with Gasteiger partial charge >= 0.3 is 5.97 Å². The molecule has 1 aliphatic rings. The molecule has 1 rings (SSSR count). The number of aliphatic hydroxyl groups excluding tert-OH is 2. The summed E-state index contributed by atoms with van der Waals surface area (Å²) in [6.07, 6.45) is -2.68. The highest BCUT2D eigenvalue weighted by Gasteiger charge is 2.41. The predicted octanol–water partition coefficient (Wildman–Crippen LogP) is -1.51. The van der Waals surface area contributed by atoms with Crippen LogP contribution in [-0.4, -0.2) is 67.5 Å². The molecule has 2 radical (unpaired) electrons. The molecule has 0 bridgehead atoms. The highest BCUT2D eigenvalue weighted by Crippen LogP contribution is 2.21. The van der Waals surface area contributed by atoms with Crippen molar-refractivity contribution in [3.8, 4) is 0 Å². The van der Waals surface area contributed by atoms with Gasteiger partial charge in [0.25, 0.3) is 0 Å². The molecule has 4 atom stereocenters. The van der Waals surface area contributed by atoms with Crippen molar-refractivity contribution < 1.29 is 34.0 Å². The minimum atomic E-state index is -1.09. The van der Waals surface area contributed by atoms with Gasteiger partial charge in [-0.05, 0) is 6.92 Å². The van der Waals surface area contributed by atoms with Gasteiger partial charge in [-0.25, -0.2) is 0 Å². The van der Waals surface area contributed by atoms with E-state index in [0.717, 1.165) is 0 Å². The number of rotatable bonds is 7. The average molecular weight is 272 g/mol. The molecule has 0 amide bonds. The third-order valence-corrected chi connectivity index (χ3v) is 2.71. The Morgan fingerprint density at radius 3 is 2.58 bits per heavy atom. The molecule has 106 valence electrons. The molecule has 1 heterocycles. The van der Waals surface area contributed by atoms with Crippen molar-refractivity contribution in [2.45, 2.75) is 44.1 Å². The summed E-state index contributed by atoms with van der Waals surface area (Å²) in [5.74, 6) is -0.679. The number of hydrogen-bond donors (Lipinski definition) is 2. The summed E-state index contributed by atoms with van der Waals surface area (Å²) in [7, 11) is 5.55. The Morgan fingerprint density at radius 2 is 2.05 bits per heavy atom. The van der Waals surface area contributed by atoms with Crippen molar-refractivity contribution in [2.24, 2.45) is 0 Å². The van der Waals surface area contributed by atoms with Crippen LogP contribution in [0.25, 0.3) is 0 Å². The second kappa shape index (κ2) is 7.59. The van der Waals surface area contributed by atoms with Gasteiger partial charge in [0.15, 0.2) is 6.79 Å². The molecular formula is C11H17BO7. The lowest BCUT2D eigenvalue weighted by atomic mass is 9.93. The Bertz CT molecular complexity index is 322. The lowest BCUT2D eigenvalue weighted by molar-refractivity contribution is -0.166. The van der Waals surface area contributed by atoms with Gasteiger partial charge in [-0.1, -0.05) is 0 Å². The zero-order chi connectivity index (χ0) is 14.4. The van der Waals surface area contributed by atoms with Gasteiger partial charge in [-0.15, -0.1) is 0 Å². The van der Waals surface area contributed by atoms with Crippen molar-refractivity contribution in [3.05, 3.63) is 0 Å². The quantitative estimate of drug-likeness (QED) is 0.330. The van der Waals surface area contributed by atoms with Crippen LogP contribution in [0, 0.1) is 0 Å². The van der Waals surface area contributed by atoms with Crippen molar-refractivity contribution in [2.75, 3.05) is 13.4 Å². The summed E-state index contributed by atoms with van der Waals surface area (Å²) in [5.41, 5.74) is 0. The van der Waals surface area contributed by atoms with Crippen molar-refractivity contribution >= 4 is 19.6 Å². The molecule has 7 nitrogen and oxygen atoms in total. The fourth-order valence-corrected chi connectivity index (χ4v) is 1.64. The average Bonchev–Trinajstić information content (AvgIpc) is 2.63. The molecule has 0 saturated carbocycles. The number of ether oxygens (including phenoxy) is 3. The van der Waals surface area contributed by atoms with Gasteiger partial charge in [0.1, 0.15) is 31.9 Å². The Balaban J connectivity index is 2.25. The molecule has 0 aromatic heterocycles. The maximum atomic E-state index is 11.2. The molecule has 0 aromatic carbocycles. The highest BCUT2D eigenvalue weighted by atomic mass is 16.7. The van der Waals surface area contributed by atoms with Crippen LogP contribution in [0.5, 0.6) is 0 Å². The SMILES string of the molecule is [B][C@@H]1O[C@H](CO)C(O)[C@@H]1OCOC(=O)CCC(C)=O. The second-order valence-electron chi connectivity index (χ2n) is 4.28. The number of carbonyl (C=O) groups is 2. The van der Waals surface area contributed by atoms with Crippen molar-refractivity contribution in [1.29, 1.82) is 0 Å². The van der Waals surface area contributed by atoms with E-state index in [9.17, 15) is 14.7 Å². The van der Waals surface area contributed by atoms with Gasteiger partial charge < -0.3 is 29.2 Å². The van der Waals surface area contributed by atoms with Crippen LogP contribution >= 0.6 is 0 Å². The molecule has 0 spiro atoms. The minimum absolute atomic E-state index is 0.0201. The van der Waals surface area contributed by atoms with E-state index < -0.39 is 37.1 Å². The van der Waals surface area contributed by atoms with Crippen LogP contribution in [-0.2, 0) is 23.8 Å². The minimum Gasteiger partial charge on any atom is -0.438 e. The van der Waals surface area contributed by atoms with E-state index >= 15 is 0 Å². The van der Waals surface area contributed by atoms with Crippen LogP contribution in [0.3, 0.4) is 0 Å². The summed E-state index contributed by atoms with van der Waals surface area (Å²) in [6, 6.07) is -0.900. The fraction of sp³-hybridized carbons (Fsp3) is 0.818. The standard InChI is InChI=1S/C11H17BO7/c1-6(14)2-3-8(15)17-5-18-10-9(16)7(4-13)19-11(10)12/h7,9-11,13,16H,2-5H2,1H3/t7-,9?,10+,11-/m1/s1. The first kappa shape index (κ1) is 16.1. The molecule has 19 heavy (non-hydrogen) atoms. The molecule has 0 aromatic rings. The van der Waals surface area contributed by atoms with Crippen molar-refractivity contribution in [3.63, 3.8) is 0 Å². The van der Waals surface area contributed by atoms with Crippen molar-refractivity contribution in [1.82, 2.24) is 0 Å². The third-order valence-electron chi connectivity index (χ3n) is 2.71. The first-order valence-corrected chi connectivity index (χ1v) is 5.92. The molecular weight excluding hydrogens is 255 g/mol. The molecule has 1 aliphatic heterocycles. The van der Waals surface area contributed by atoms with Crippen LogP contribution < -0.4 is 0 Å². The Morgan fingerprint density at radius 1 is 1.37 bits per heavy atom. The van der Waals surface area contributed by atoms with Crippen LogP contribution in [0.15, 0.2) is 0 Å². The lowest BCUT2D eigenvalue weighted by Crippen LogP contribution is -2.37. The monoisotopic (exact) mass is 272 g/mol. The van der Waals surface area contributed by atoms with E-state index in [1.807, 2.05) is 0 Å². The maximum Gasteiger partial charge on any atom is 0.308 e. The Kier molecular flexibility index (Phi) is 6.43. The van der Waals surface area contributed by atoms with Gasteiger partial charge in [0.2, 0.25) is 0 Å². The zero-order valence-electron chi connectivity index (χ0n) is 10.7. The molecule has 1 saturated heterocycles. The van der Waals surface area contributed by atoms with Gasteiger partial charge in [-0.2, -0.15) is 0 Å². The molecule has 0 aliphatic carbocycles. The highest BCUT2D eigenvalue weighted by molar-refractivity contribution is 6.11. The van der Waals surface area contributed by atoms with Gasteiger partial charge in [-0.3, -0.25) is 4.79 Å². The summed E-state index contributed by atoms with van der Waals surface area (Å²) >= 11 is 0. The number of carbonyl (C=O) groups excluding carboxylic acids is 2. The van der Waals surface area contributed by atoms with E-state index in [1.165, 1.54) is 6.92 Å². The van der Waals surface area contributed by atoms with Crippen LogP contribution in [0.1, 0.15) is 19.8 Å². The first-order chi connectivity index (χ1) is 8.95. The molecule has 1 unspecified atom stereocenters. The maximum absolute atomic E-state index is 11.2. The second-order valence-corrected chi connectivity index (χ2v) is 4.28. The number of aliphatic hydroxyl groups is 2. The van der Waals surface area contributed by atoms with Gasteiger partial charge in [0.05, 0.1) is 13.0 Å². The smallest absolute Gasteiger partial charge is 0.308 e. The number of ketones is 1. The Labute approximate surface area is 112 Å². The zero-order valence-corrected chi connectivity index (χ0v) is 10.7.